The third-order valence-electron chi connectivity index (χ3n) is 3.75. The lowest BCUT2D eigenvalue weighted by atomic mass is 9.95. The van der Waals surface area contributed by atoms with E-state index in [1.807, 2.05) is 6.92 Å². The molecule has 0 bridgehead atoms. The molecule has 1 aliphatic carbocycles. The maximum Gasteiger partial charge on any atom is 0.241 e. The topological polar surface area (TPSA) is 73.8 Å². The van der Waals surface area contributed by atoms with Crippen LogP contribution >= 0.6 is 24.0 Å². The molecule has 0 spiro atoms. The average Bonchev–Trinajstić information content (AvgIpc) is 2.50. The Morgan fingerprint density at radius 2 is 2.05 bits per heavy atom. The molecule has 0 heterocycles. The van der Waals surface area contributed by atoms with Crippen molar-refractivity contribution in [3.63, 3.8) is 0 Å². The molecule has 130 valence electrons. The first-order chi connectivity index (χ1) is 9.97. The van der Waals surface area contributed by atoms with Gasteiger partial charge in [0.05, 0.1) is 6.54 Å². The van der Waals surface area contributed by atoms with Gasteiger partial charge < -0.3 is 15.5 Å². The summed E-state index contributed by atoms with van der Waals surface area (Å²) < 4.78 is 11.9. The van der Waals surface area contributed by atoms with Gasteiger partial charge >= 0.3 is 0 Å². The van der Waals surface area contributed by atoms with E-state index < -0.39 is 10.8 Å². The van der Waals surface area contributed by atoms with Crippen LogP contribution in [0.25, 0.3) is 0 Å². The zero-order chi connectivity index (χ0) is 15.8. The summed E-state index contributed by atoms with van der Waals surface area (Å²) in [6, 6.07) is 0.278. The molecule has 0 saturated heterocycles. The van der Waals surface area contributed by atoms with Gasteiger partial charge in [0.15, 0.2) is 5.96 Å². The van der Waals surface area contributed by atoms with Crippen molar-refractivity contribution in [1.29, 1.82) is 0 Å². The second kappa shape index (κ2) is 11.2. The van der Waals surface area contributed by atoms with Gasteiger partial charge in [-0.15, -0.1) is 24.0 Å². The Bertz CT molecular complexity index is 404. The summed E-state index contributed by atoms with van der Waals surface area (Å²) in [5.74, 6) is 1.37. The predicted octanol–water partition coefficient (Wildman–Crippen LogP) is 0.937. The highest BCUT2D eigenvalue weighted by atomic mass is 127. The van der Waals surface area contributed by atoms with Crippen LogP contribution in [0.5, 0.6) is 0 Å². The fraction of sp³-hybridized carbons (Fsp3) is 0.857. The monoisotopic (exact) mass is 444 g/mol. The summed E-state index contributed by atoms with van der Waals surface area (Å²) >= 11 is 0. The molecule has 0 aromatic rings. The number of hydrogen-bond donors (Lipinski definition) is 2. The summed E-state index contributed by atoms with van der Waals surface area (Å²) in [6.45, 7) is 2.20. The number of hydrogen-bond acceptors (Lipinski definition) is 3. The van der Waals surface area contributed by atoms with Crippen LogP contribution in [0.2, 0.25) is 0 Å². The lowest BCUT2D eigenvalue weighted by Gasteiger charge is -2.30. The van der Waals surface area contributed by atoms with Crippen molar-refractivity contribution in [1.82, 2.24) is 15.5 Å². The van der Waals surface area contributed by atoms with Crippen molar-refractivity contribution in [2.75, 3.05) is 33.4 Å². The zero-order valence-corrected chi connectivity index (χ0v) is 17.1. The summed E-state index contributed by atoms with van der Waals surface area (Å²) in [7, 11) is 4.42. The van der Waals surface area contributed by atoms with E-state index in [9.17, 15) is 9.00 Å². The van der Waals surface area contributed by atoms with Gasteiger partial charge in [-0.05, 0) is 19.3 Å². The molecule has 1 saturated carbocycles. The minimum Gasteiger partial charge on any atom is -0.354 e. The third kappa shape index (κ3) is 7.26. The highest BCUT2D eigenvalue weighted by molar-refractivity contribution is 14.0. The van der Waals surface area contributed by atoms with Crippen LogP contribution in [0.4, 0.5) is 0 Å². The first-order valence-electron chi connectivity index (χ1n) is 7.52. The van der Waals surface area contributed by atoms with E-state index in [2.05, 4.69) is 15.6 Å². The van der Waals surface area contributed by atoms with Gasteiger partial charge in [-0.2, -0.15) is 0 Å². The first kappa shape index (κ1) is 21.6. The Morgan fingerprint density at radius 1 is 1.36 bits per heavy atom. The molecule has 0 aliphatic heterocycles. The minimum absolute atomic E-state index is 0. The fourth-order valence-electron chi connectivity index (χ4n) is 2.46. The van der Waals surface area contributed by atoms with Gasteiger partial charge in [0, 0.05) is 49.0 Å². The maximum absolute atomic E-state index is 11.9. The van der Waals surface area contributed by atoms with Crippen LogP contribution < -0.4 is 10.6 Å². The Hall–Kier alpha value is -0.380. The van der Waals surface area contributed by atoms with E-state index in [4.69, 9.17) is 0 Å². The van der Waals surface area contributed by atoms with E-state index in [0.29, 0.717) is 5.96 Å². The fourth-order valence-corrected chi connectivity index (χ4v) is 3.80. The van der Waals surface area contributed by atoms with Crippen LogP contribution in [-0.2, 0) is 15.6 Å². The molecule has 0 aromatic carbocycles. The summed E-state index contributed by atoms with van der Waals surface area (Å²) in [5.41, 5.74) is 0. The van der Waals surface area contributed by atoms with Crippen LogP contribution in [0.3, 0.4) is 0 Å². The smallest absolute Gasteiger partial charge is 0.241 e. The molecule has 1 fully saturated rings. The summed E-state index contributed by atoms with van der Waals surface area (Å²) in [4.78, 5) is 17.3. The van der Waals surface area contributed by atoms with Gasteiger partial charge in [-0.3, -0.25) is 14.0 Å². The minimum atomic E-state index is -0.729. The van der Waals surface area contributed by atoms with Crippen LogP contribution in [-0.4, -0.2) is 65.7 Å². The number of halogens is 1. The van der Waals surface area contributed by atoms with E-state index in [1.54, 1.807) is 26.0 Å². The van der Waals surface area contributed by atoms with Gasteiger partial charge in [-0.25, -0.2) is 0 Å². The Morgan fingerprint density at radius 3 is 2.59 bits per heavy atom. The third-order valence-corrected chi connectivity index (χ3v) is 5.49. The number of carbonyl (C=O) groups is 1. The average molecular weight is 444 g/mol. The SMILES string of the molecule is CCS(=O)C1CCCC(NC(=NC)NCC(=O)N(C)C)C1.I. The number of carbonyl (C=O) groups excluding carboxylic acids is 1. The van der Waals surface area contributed by atoms with Gasteiger partial charge in [0.1, 0.15) is 0 Å². The van der Waals surface area contributed by atoms with Gasteiger partial charge in [0.25, 0.3) is 0 Å². The maximum atomic E-state index is 11.9. The first-order valence-corrected chi connectivity index (χ1v) is 8.90. The molecule has 1 amide bonds. The second-order valence-corrected chi connectivity index (χ2v) is 7.52. The molecule has 0 radical (unpaired) electrons. The number of aliphatic imine (C=N–C) groups is 1. The van der Waals surface area contributed by atoms with E-state index in [-0.39, 0.29) is 47.7 Å². The lowest BCUT2D eigenvalue weighted by molar-refractivity contribution is -0.127. The number of nitrogens with one attached hydrogen (secondary N) is 2. The molecular formula is C14H29IN4O2S. The van der Waals surface area contributed by atoms with Crippen molar-refractivity contribution >= 4 is 46.6 Å². The molecule has 1 rings (SSSR count). The van der Waals surface area contributed by atoms with Crippen molar-refractivity contribution in [3.05, 3.63) is 0 Å². The largest absolute Gasteiger partial charge is 0.354 e. The number of amides is 1. The summed E-state index contributed by atoms with van der Waals surface area (Å²) in [5, 5.41) is 6.65. The number of likely N-dealkylation sites (N-methyl/N-ethyl adjacent to an activating group) is 1. The standard InChI is InChI=1S/C14H28N4O2S.HI/c1-5-21(20)12-8-6-7-11(9-12)17-14(15-2)16-10-13(19)18(3)4;/h11-12H,5-10H2,1-4H3,(H2,15,16,17);1H. The molecule has 3 unspecified atom stereocenters. The van der Waals surface area contributed by atoms with Crippen molar-refractivity contribution in [3.8, 4) is 0 Å². The highest BCUT2D eigenvalue weighted by Crippen LogP contribution is 2.22. The van der Waals surface area contributed by atoms with Gasteiger partial charge in [0.2, 0.25) is 5.91 Å². The molecule has 22 heavy (non-hydrogen) atoms. The molecule has 2 N–H and O–H groups in total. The van der Waals surface area contributed by atoms with Crippen molar-refractivity contribution in [2.24, 2.45) is 4.99 Å². The number of guanidine groups is 1. The van der Waals surface area contributed by atoms with Crippen molar-refractivity contribution in [2.45, 2.75) is 43.9 Å². The quantitative estimate of drug-likeness (QED) is 0.376. The van der Waals surface area contributed by atoms with E-state index >= 15 is 0 Å². The molecule has 8 heteroatoms. The molecular weight excluding hydrogens is 415 g/mol. The predicted molar refractivity (Wildman–Crippen MR) is 103 cm³/mol. The van der Waals surface area contributed by atoms with E-state index in [0.717, 1.165) is 31.4 Å². The summed E-state index contributed by atoms with van der Waals surface area (Å²) in [6.07, 6.45) is 4.09. The van der Waals surface area contributed by atoms with E-state index in [1.165, 1.54) is 0 Å². The Balaban J connectivity index is 0.00000441. The Labute approximate surface area is 153 Å². The van der Waals surface area contributed by atoms with Crippen LogP contribution in [0.15, 0.2) is 4.99 Å². The zero-order valence-electron chi connectivity index (χ0n) is 13.9. The number of nitrogens with zero attached hydrogens (tertiary/aromatic N) is 2. The molecule has 6 nitrogen and oxygen atoms in total. The van der Waals surface area contributed by atoms with Crippen molar-refractivity contribution < 1.29 is 9.00 Å². The Kier molecular flexibility index (Phi) is 11.0. The van der Waals surface area contributed by atoms with Gasteiger partial charge in [-0.1, -0.05) is 13.3 Å². The normalized spacial score (nSPS) is 23.2. The van der Waals surface area contributed by atoms with Crippen LogP contribution in [0.1, 0.15) is 32.6 Å². The number of rotatable bonds is 5. The highest BCUT2D eigenvalue weighted by Gasteiger charge is 2.26. The molecule has 1 aliphatic rings. The van der Waals surface area contributed by atoms with Crippen LogP contribution in [0, 0.1) is 0 Å². The molecule has 3 atom stereocenters. The lowest BCUT2D eigenvalue weighted by Crippen LogP contribution is -2.48. The second-order valence-electron chi connectivity index (χ2n) is 5.51. The molecule has 0 aromatic heterocycles.